The van der Waals surface area contributed by atoms with Crippen molar-refractivity contribution in [1.29, 1.82) is 0 Å². The highest BCUT2D eigenvalue weighted by Gasteiger charge is 2.19. The van der Waals surface area contributed by atoms with Gasteiger partial charge in [0.25, 0.3) is 0 Å². The second kappa shape index (κ2) is 6.47. The lowest BCUT2D eigenvalue weighted by Gasteiger charge is -2.27. The third-order valence-electron chi connectivity index (χ3n) is 3.05. The van der Waals surface area contributed by atoms with E-state index in [9.17, 15) is 0 Å². The van der Waals surface area contributed by atoms with Crippen LogP contribution in [0.5, 0.6) is 0 Å². The van der Waals surface area contributed by atoms with Gasteiger partial charge >= 0.3 is 0 Å². The van der Waals surface area contributed by atoms with Gasteiger partial charge in [0.2, 0.25) is 0 Å². The molecule has 1 rings (SSSR count). The lowest BCUT2D eigenvalue weighted by atomic mass is 9.80. The normalized spacial score (nSPS) is 29.0. The fourth-order valence-corrected chi connectivity index (χ4v) is 2.46. The Kier molecular flexibility index (Phi) is 6.46. The smallest absolute Gasteiger partial charge is 0.00389 e. The lowest BCUT2D eigenvalue weighted by Crippen LogP contribution is -2.24. The zero-order valence-electron chi connectivity index (χ0n) is 9.62. The standard InChI is InChI=1S/C12H23N.ClH/c1-4-12(13)8-11-6-9(2)5-10(3)7-11;/h5,9,11-12H,4,6-8,13H2,1-3H3;1H. The van der Waals surface area contributed by atoms with E-state index in [0.29, 0.717) is 6.04 Å². The van der Waals surface area contributed by atoms with Crippen molar-refractivity contribution >= 4 is 12.4 Å². The van der Waals surface area contributed by atoms with Crippen molar-refractivity contribution in [3.8, 4) is 0 Å². The molecule has 3 unspecified atom stereocenters. The Morgan fingerprint density at radius 1 is 1.57 bits per heavy atom. The van der Waals surface area contributed by atoms with E-state index in [2.05, 4.69) is 26.8 Å². The van der Waals surface area contributed by atoms with Crippen molar-refractivity contribution in [2.24, 2.45) is 17.6 Å². The molecule has 0 amide bonds. The number of hydrogen-bond acceptors (Lipinski definition) is 1. The molecule has 0 aromatic carbocycles. The van der Waals surface area contributed by atoms with Gasteiger partial charge < -0.3 is 5.73 Å². The molecule has 0 radical (unpaired) electrons. The minimum absolute atomic E-state index is 0. The van der Waals surface area contributed by atoms with Gasteiger partial charge in [0.15, 0.2) is 0 Å². The van der Waals surface area contributed by atoms with E-state index in [4.69, 9.17) is 5.73 Å². The van der Waals surface area contributed by atoms with Gasteiger partial charge in [-0.1, -0.05) is 25.5 Å². The van der Waals surface area contributed by atoms with E-state index in [1.165, 1.54) is 19.3 Å². The molecule has 0 heterocycles. The number of rotatable bonds is 3. The van der Waals surface area contributed by atoms with Crippen LogP contribution < -0.4 is 5.73 Å². The van der Waals surface area contributed by atoms with Crippen LogP contribution >= 0.6 is 12.4 Å². The van der Waals surface area contributed by atoms with Crippen molar-refractivity contribution in [3.63, 3.8) is 0 Å². The molecule has 84 valence electrons. The first kappa shape index (κ1) is 14.0. The average Bonchev–Trinajstić information content (AvgIpc) is 2.02. The third-order valence-corrected chi connectivity index (χ3v) is 3.05. The minimum Gasteiger partial charge on any atom is -0.328 e. The Morgan fingerprint density at radius 3 is 2.71 bits per heavy atom. The number of nitrogens with two attached hydrogens (primary N) is 1. The molecule has 0 bridgehead atoms. The summed E-state index contributed by atoms with van der Waals surface area (Å²) in [6.07, 6.45) is 7.36. The first-order valence-electron chi connectivity index (χ1n) is 5.54. The summed E-state index contributed by atoms with van der Waals surface area (Å²) in [7, 11) is 0. The summed E-state index contributed by atoms with van der Waals surface area (Å²) in [5.41, 5.74) is 7.54. The Balaban J connectivity index is 0.00000169. The van der Waals surface area contributed by atoms with Gasteiger partial charge in [0.1, 0.15) is 0 Å². The summed E-state index contributed by atoms with van der Waals surface area (Å²) < 4.78 is 0. The van der Waals surface area contributed by atoms with E-state index in [1.54, 1.807) is 5.57 Å². The lowest BCUT2D eigenvalue weighted by molar-refractivity contribution is 0.349. The van der Waals surface area contributed by atoms with Crippen LogP contribution in [0.4, 0.5) is 0 Å². The van der Waals surface area contributed by atoms with Crippen LogP contribution in [0.3, 0.4) is 0 Å². The van der Waals surface area contributed by atoms with E-state index in [1.807, 2.05) is 0 Å². The Labute approximate surface area is 94.6 Å². The second-order valence-electron chi connectivity index (χ2n) is 4.70. The van der Waals surface area contributed by atoms with Gasteiger partial charge in [-0.15, -0.1) is 12.4 Å². The van der Waals surface area contributed by atoms with E-state index in [-0.39, 0.29) is 12.4 Å². The molecule has 1 aliphatic rings. The van der Waals surface area contributed by atoms with Crippen molar-refractivity contribution in [1.82, 2.24) is 0 Å². The van der Waals surface area contributed by atoms with Crippen LogP contribution in [0.2, 0.25) is 0 Å². The molecular weight excluding hydrogens is 194 g/mol. The molecule has 2 heteroatoms. The molecule has 3 atom stereocenters. The van der Waals surface area contributed by atoms with Crippen molar-refractivity contribution in [2.45, 2.75) is 52.5 Å². The van der Waals surface area contributed by atoms with Gasteiger partial charge in [-0.05, 0) is 44.4 Å². The highest BCUT2D eigenvalue weighted by molar-refractivity contribution is 5.85. The van der Waals surface area contributed by atoms with Crippen LogP contribution in [0.15, 0.2) is 11.6 Å². The number of allylic oxidation sites excluding steroid dienone is 2. The summed E-state index contributed by atoms with van der Waals surface area (Å²) in [4.78, 5) is 0. The first-order valence-corrected chi connectivity index (χ1v) is 5.54. The molecular formula is C12H24ClN. The Morgan fingerprint density at radius 2 is 2.21 bits per heavy atom. The predicted molar refractivity (Wildman–Crippen MR) is 65.8 cm³/mol. The maximum Gasteiger partial charge on any atom is 0.00389 e. The molecule has 0 aliphatic heterocycles. The average molecular weight is 218 g/mol. The molecule has 1 nitrogen and oxygen atoms in total. The molecule has 0 saturated heterocycles. The van der Waals surface area contributed by atoms with Gasteiger partial charge in [-0.2, -0.15) is 0 Å². The SMILES string of the molecule is CCC(N)CC1CC(C)=CC(C)C1.Cl. The molecule has 0 aromatic rings. The highest BCUT2D eigenvalue weighted by atomic mass is 35.5. The van der Waals surface area contributed by atoms with E-state index < -0.39 is 0 Å². The van der Waals surface area contributed by atoms with Gasteiger partial charge in [-0.3, -0.25) is 0 Å². The van der Waals surface area contributed by atoms with Crippen LogP contribution in [0, 0.1) is 11.8 Å². The summed E-state index contributed by atoms with van der Waals surface area (Å²) in [6, 6.07) is 0.420. The third kappa shape index (κ3) is 4.47. The molecule has 0 saturated carbocycles. The summed E-state index contributed by atoms with van der Waals surface area (Å²) >= 11 is 0. The summed E-state index contributed by atoms with van der Waals surface area (Å²) in [5, 5.41) is 0. The number of hydrogen-bond donors (Lipinski definition) is 1. The zero-order valence-corrected chi connectivity index (χ0v) is 10.4. The maximum atomic E-state index is 5.98. The fourth-order valence-electron chi connectivity index (χ4n) is 2.46. The topological polar surface area (TPSA) is 26.0 Å². The van der Waals surface area contributed by atoms with Crippen molar-refractivity contribution in [2.75, 3.05) is 0 Å². The van der Waals surface area contributed by atoms with Crippen LogP contribution in [-0.2, 0) is 0 Å². The molecule has 14 heavy (non-hydrogen) atoms. The second-order valence-corrected chi connectivity index (χ2v) is 4.70. The molecule has 2 N–H and O–H groups in total. The summed E-state index contributed by atoms with van der Waals surface area (Å²) in [6.45, 7) is 6.74. The Hall–Kier alpha value is -0.0100. The van der Waals surface area contributed by atoms with Gasteiger partial charge in [0.05, 0.1) is 0 Å². The predicted octanol–water partition coefficient (Wildman–Crippen LogP) is 3.53. The first-order chi connectivity index (χ1) is 6.11. The zero-order chi connectivity index (χ0) is 9.84. The molecule has 0 aromatic heterocycles. The largest absolute Gasteiger partial charge is 0.328 e. The van der Waals surface area contributed by atoms with Crippen molar-refractivity contribution < 1.29 is 0 Å². The van der Waals surface area contributed by atoms with Crippen molar-refractivity contribution in [3.05, 3.63) is 11.6 Å². The van der Waals surface area contributed by atoms with E-state index >= 15 is 0 Å². The Bertz CT molecular complexity index is 189. The monoisotopic (exact) mass is 217 g/mol. The highest BCUT2D eigenvalue weighted by Crippen LogP contribution is 2.30. The molecule has 0 spiro atoms. The molecule has 0 fully saturated rings. The van der Waals surface area contributed by atoms with Crippen LogP contribution in [0.1, 0.15) is 46.5 Å². The summed E-state index contributed by atoms with van der Waals surface area (Å²) in [5.74, 6) is 1.61. The van der Waals surface area contributed by atoms with Gasteiger partial charge in [0, 0.05) is 6.04 Å². The maximum absolute atomic E-state index is 5.98. The fraction of sp³-hybridized carbons (Fsp3) is 0.833. The quantitative estimate of drug-likeness (QED) is 0.720. The van der Waals surface area contributed by atoms with Crippen LogP contribution in [0.25, 0.3) is 0 Å². The number of halogens is 1. The minimum atomic E-state index is 0. The van der Waals surface area contributed by atoms with E-state index in [0.717, 1.165) is 18.3 Å². The van der Waals surface area contributed by atoms with Crippen LogP contribution in [-0.4, -0.2) is 6.04 Å². The molecule has 1 aliphatic carbocycles. The van der Waals surface area contributed by atoms with Gasteiger partial charge in [-0.25, -0.2) is 0 Å².